The Kier molecular flexibility index (Phi) is 6.46. The number of esters is 2. The summed E-state index contributed by atoms with van der Waals surface area (Å²) in [4.78, 5) is 41.3. The lowest BCUT2D eigenvalue weighted by molar-refractivity contribution is -0.139. The quantitative estimate of drug-likeness (QED) is 0.334. The van der Waals surface area contributed by atoms with Crippen LogP contribution in [-0.2, 0) is 19.1 Å². The van der Waals surface area contributed by atoms with E-state index < -0.39 is 17.7 Å². The van der Waals surface area contributed by atoms with Crippen molar-refractivity contribution in [3.05, 3.63) is 40.0 Å². The molecular formula is C14H16N2O5S. The Hall–Kier alpha value is -2.48. The lowest BCUT2D eigenvalue weighted by Gasteiger charge is -2.12. The largest absolute Gasteiger partial charge is 0.465 e. The zero-order chi connectivity index (χ0) is 16.7. The molecule has 0 aromatic carbocycles. The molecule has 0 spiro atoms. The summed E-state index contributed by atoms with van der Waals surface area (Å²) in [5, 5.41) is 1.84. The van der Waals surface area contributed by atoms with Crippen LogP contribution in [0.3, 0.4) is 0 Å². The molecule has 0 aliphatic rings. The van der Waals surface area contributed by atoms with Crippen LogP contribution in [0.15, 0.2) is 35.0 Å². The number of aromatic nitrogens is 1. The predicted octanol–water partition coefficient (Wildman–Crippen LogP) is 1.04. The fourth-order valence-corrected chi connectivity index (χ4v) is 2.04. The van der Waals surface area contributed by atoms with Crippen molar-refractivity contribution in [2.75, 3.05) is 28.3 Å². The molecule has 0 aliphatic heterocycles. The number of carbonyl (C=O) groups excluding carboxylic acids is 3. The maximum Gasteiger partial charge on any atom is 0.340 e. The van der Waals surface area contributed by atoms with E-state index in [0.29, 0.717) is 0 Å². The molecule has 1 aromatic heterocycles. The van der Waals surface area contributed by atoms with Gasteiger partial charge in [-0.15, -0.1) is 11.3 Å². The number of hydrogen-bond donors (Lipinski definition) is 0. The van der Waals surface area contributed by atoms with Crippen LogP contribution < -0.4 is 0 Å². The van der Waals surface area contributed by atoms with Crippen molar-refractivity contribution in [1.82, 2.24) is 9.88 Å². The van der Waals surface area contributed by atoms with Crippen molar-refractivity contribution >= 4 is 29.1 Å². The summed E-state index contributed by atoms with van der Waals surface area (Å²) >= 11 is 1.13. The smallest absolute Gasteiger partial charge is 0.340 e. The first-order valence-corrected chi connectivity index (χ1v) is 6.99. The molecule has 0 unspecified atom stereocenters. The maximum absolute atomic E-state index is 12.1. The molecule has 118 valence electrons. The summed E-state index contributed by atoms with van der Waals surface area (Å²) in [6, 6.07) is 0. The third-order valence-corrected chi connectivity index (χ3v) is 3.19. The highest BCUT2D eigenvalue weighted by atomic mass is 32.1. The van der Waals surface area contributed by atoms with Crippen molar-refractivity contribution in [1.29, 1.82) is 0 Å². The Morgan fingerprint density at radius 1 is 1.14 bits per heavy atom. The van der Waals surface area contributed by atoms with Gasteiger partial charge in [-0.3, -0.25) is 4.79 Å². The summed E-state index contributed by atoms with van der Waals surface area (Å²) in [6.45, 7) is 0. The standard InChI is InChI=1S/C14H16N2O5S/c1-16(2)8-10(14(19)21-4)9(13(18)20-3)7-11(17)12-15-5-6-22-12/h5-8H,1-4H3/b9-7+,10-8+. The van der Waals surface area contributed by atoms with Gasteiger partial charge in [0.05, 0.1) is 25.4 Å². The highest BCUT2D eigenvalue weighted by molar-refractivity contribution is 7.11. The van der Waals surface area contributed by atoms with E-state index in [1.165, 1.54) is 19.5 Å². The first-order chi connectivity index (χ1) is 10.4. The number of allylic oxidation sites excluding steroid dienone is 1. The number of rotatable bonds is 6. The average molecular weight is 324 g/mol. The molecule has 0 atom stereocenters. The molecule has 0 saturated carbocycles. The average Bonchev–Trinajstić information content (AvgIpc) is 3.03. The molecule has 0 fully saturated rings. The molecule has 0 amide bonds. The molecule has 1 rings (SSSR count). The topological polar surface area (TPSA) is 85.8 Å². The van der Waals surface area contributed by atoms with Crippen LogP contribution in [0.4, 0.5) is 0 Å². The minimum absolute atomic E-state index is 0.0794. The van der Waals surface area contributed by atoms with E-state index in [9.17, 15) is 14.4 Å². The maximum atomic E-state index is 12.1. The summed E-state index contributed by atoms with van der Waals surface area (Å²) in [5.74, 6) is -2.07. The van der Waals surface area contributed by atoms with Gasteiger partial charge in [0.25, 0.3) is 0 Å². The van der Waals surface area contributed by atoms with E-state index in [4.69, 9.17) is 0 Å². The van der Waals surface area contributed by atoms with E-state index in [1.807, 2.05) is 0 Å². The fraction of sp³-hybridized carbons (Fsp3) is 0.286. The lowest BCUT2D eigenvalue weighted by atomic mass is 10.1. The molecule has 0 aliphatic carbocycles. The highest BCUT2D eigenvalue weighted by Gasteiger charge is 2.24. The van der Waals surface area contributed by atoms with Crippen LogP contribution in [0.5, 0.6) is 0 Å². The second-order valence-corrected chi connectivity index (χ2v) is 5.14. The zero-order valence-corrected chi connectivity index (χ0v) is 13.5. The Morgan fingerprint density at radius 2 is 1.73 bits per heavy atom. The Balaban J connectivity index is 3.34. The second kappa shape index (κ2) is 8.08. The fourth-order valence-electron chi connectivity index (χ4n) is 1.49. The Bertz CT molecular complexity index is 617. The number of nitrogens with zero attached hydrogens (tertiary/aromatic N) is 2. The number of ether oxygens (including phenoxy) is 2. The van der Waals surface area contributed by atoms with Gasteiger partial charge >= 0.3 is 11.9 Å². The zero-order valence-electron chi connectivity index (χ0n) is 12.7. The van der Waals surface area contributed by atoms with Crippen LogP contribution in [0.1, 0.15) is 9.80 Å². The van der Waals surface area contributed by atoms with Crippen LogP contribution >= 0.6 is 11.3 Å². The molecule has 0 N–H and O–H groups in total. The third-order valence-electron chi connectivity index (χ3n) is 2.41. The van der Waals surface area contributed by atoms with Gasteiger partial charge in [0.1, 0.15) is 0 Å². The second-order valence-electron chi connectivity index (χ2n) is 4.25. The summed E-state index contributed by atoms with van der Waals surface area (Å²) in [5.41, 5.74) is -0.271. The van der Waals surface area contributed by atoms with E-state index >= 15 is 0 Å². The van der Waals surface area contributed by atoms with Gasteiger partial charge in [0.15, 0.2) is 5.01 Å². The minimum atomic E-state index is -0.816. The summed E-state index contributed by atoms with van der Waals surface area (Å²) in [6.07, 6.45) is 3.88. The SMILES string of the molecule is COC(=O)C(=C/C(=O)c1nccs1)/C(=C\N(C)C)C(=O)OC. The van der Waals surface area contributed by atoms with Gasteiger partial charge < -0.3 is 14.4 Å². The molecule has 0 saturated heterocycles. The van der Waals surface area contributed by atoms with Crippen molar-refractivity contribution in [2.24, 2.45) is 0 Å². The monoisotopic (exact) mass is 324 g/mol. The van der Waals surface area contributed by atoms with Gasteiger partial charge in [-0.05, 0) is 0 Å². The Morgan fingerprint density at radius 3 is 2.18 bits per heavy atom. The first kappa shape index (κ1) is 17.6. The summed E-state index contributed by atoms with van der Waals surface area (Å²) in [7, 11) is 5.68. The molecule has 1 heterocycles. The number of ketones is 1. The normalized spacial score (nSPS) is 11.8. The number of thiazole rings is 1. The third kappa shape index (κ3) is 4.52. The molecule has 7 nitrogen and oxygen atoms in total. The van der Waals surface area contributed by atoms with E-state index in [2.05, 4.69) is 14.5 Å². The number of carbonyl (C=O) groups is 3. The van der Waals surface area contributed by atoms with E-state index in [-0.39, 0.29) is 16.2 Å². The lowest BCUT2D eigenvalue weighted by Crippen LogP contribution is -2.19. The molecule has 22 heavy (non-hydrogen) atoms. The van der Waals surface area contributed by atoms with Gasteiger partial charge in [-0.2, -0.15) is 0 Å². The van der Waals surface area contributed by atoms with Gasteiger partial charge in [-0.1, -0.05) is 0 Å². The van der Waals surface area contributed by atoms with Crippen LogP contribution in [0.2, 0.25) is 0 Å². The number of methoxy groups -OCH3 is 2. The van der Waals surface area contributed by atoms with Crippen LogP contribution in [0.25, 0.3) is 0 Å². The molecule has 0 bridgehead atoms. The number of hydrogen-bond acceptors (Lipinski definition) is 8. The first-order valence-electron chi connectivity index (χ1n) is 6.11. The Labute approximate surface area is 131 Å². The van der Waals surface area contributed by atoms with Crippen molar-refractivity contribution in [2.45, 2.75) is 0 Å². The van der Waals surface area contributed by atoms with Gasteiger partial charge in [-0.25, -0.2) is 14.6 Å². The molecule has 8 heteroatoms. The van der Waals surface area contributed by atoms with Crippen LogP contribution in [-0.4, -0.2) is 55.9 Å². The van der Waals surface area contributed by atoms with Crippen molar-refractivity contribution in [3.8, 4) is 0 Å². The summed E-state index contributed by atoms with van der Waals surface area (Å²) < 4.78 is 9.30. The van der Waals surface area contributed by atoms with Gasteiger partial charge in [0.2, 0.25) is 5.78 Å². The van der Waals surface area contributed by atoms with Crippen molar-refractivity contribution < 1.29 is 23.9 Å². The predicted molar refractivity (Wildman–Crippen MR) is 80.3 cm³/mol. The van der Waals surface area contributed by atoms with E-state index in [1.54, 1.807) is 24.4 Å². The van der Waals surface area contributed by atoms with E-state index in [0.717, 1.165) is 24.5 Å². The highest BCUT2D eigenvalue weighted by Crippen LogP contribution is 2.17. The van der Waals surface area contributed by atoms with Gasteiger partial charge in [0, 0.05) is 37.9 Å². The minimum Gasteiger partial charge on any atom is -0.465 e. The molecular weight excluding hydrogens is 308 g/mol. The molecule has 0 radical (unpaired) electrons. The van der Waals surface area contributed by atoms with Crippen LogP contribution in [0, 0.1) is 0 Å². The molecule has 1 aromatic rings. The van der Waals surface area contributed by atoms with Crippen molar-refractivity contribution in [3.63, 3.8) is 0 Å².